The minimum absolute atomic E-state index is 0.111. The standard InChI is InChI=1S/C18H19F2N3O3S/c19-12-4-9-16(15(20)11-12)23-27(25,26)14-7-5-13(6-8-14)22-18(24)17-3-1-2-10-21-17/h4-9,11,17,21,23H,1-3,10H2,(H,22,24). The largest absolute Gasteiger partial charge is 0.325 e. The van der Waals surface area contributed by atoms with Gasteiger partial charge in [0.15, 0.2) is 0 Å². The van der Waals surface area contributed by atoms with Crippen LogP contribution in [0.5, 0.6) is 0 Å². The molecule has 2 aromatic carbocycles. The molecule has 0 aromatic heterocycles. The van der Waals surface area contributed by atoms with E-state index in [1.807, 2.05) is 0 Å². The van der Waals surface area contributed by atoms with Crippen molar-refractivity contribution >= 4 is 27.3 Å². The number of amides is 1. The van der Waals surface area contributed by atoms with Crippen LogP contribution in [0.1, 0.15) is 19.3 Å². The second-order valence-electron chi connectivity index (χ2n) is 6.25. The molecule has 27 heavy (non-hydrogen) atoms. The Morgan fingerprint density at radius 1 is 1.07 bits per heavy atom. The van der Waals surface area contributed by atoms with E-state index in [1.54, 1.807) is 0 Å². The van der Waals surface area contributed by atoms with Crippen LogP contribution in [0.2, 0.25) is 0 Å². The van der Waals surface area contributed by atoms with Crippen molar-refractivity contribution in [2.24, 2.45) is 0 Å². The number of sulfonamides is 1. The zero-order chi connectivity index (χ0) is 19.4. The van der Waals surface area contributed by atoms with E-state index in [1.165, 1.54) is 24.3 Å². The van der Waals surface area contributed by atoms with Gasteiger partial charge in [0.1, 0.15) is 11.6 Å². The molecule has 144 valence electrons. The van der Waals surface area contributed by atoms with Crippen molar-refractivity contribution in [2.75, 3.05) is 16.6 Å². The van der Waals surface area contributed by atoms with Crippen LogP contribution in [-0.4, -0.2) is 26.9 Å². The number of anilines is 2. The average molecular weight is 395 g/mol. The van der Waals surface area contributed by atoms with E-state index in [9.17, 15) is 22.0 Å². The van der Waals surface area contributed by atoms with Gasteiger partial charge in [-0.25, -0.2) is 17.2 Å². The molecule has 1 aliphatic rings. The lowest BCUT2D eigenvalue weighted by atomic mass is 10.0. The molecular weight excluding hydrogens is 376 g/mol. The van der Waals surface area contributed by atoms with Crippen LogP contribution in [-0.2, 0) is 14.8 Å². The second-order valence-corrected chi connectivity index (χ2v) is 7.93. The molecule has 0 aliphatic carbocycles. The van der Waals surface area contributed by atoms with Crippen molar-refractivity contribution in [2.45, 2.75) is 30.2 Å². The molecule has 0 bridgehead atoms. The number of hydrogen-bond donors (Lipinski definition) is 3. The monoisotopic (exact) mass is 395 g/mol. The van der Waals surface area contributed by atoms with E-state index in [0.29, 0.717) is 11.8 Å². The normalized spacial score (nSPS) is 17.3. The SMILES string of the molecule is O=C(Nc1ccc(S(=O)(=O)Nc2ccc(F)cc2F)cc1)C1CCCCN1. The van der Waals surface area contributed by atoms with Gasteiger partial charge in [0, 0.05) is 11.8 Å². The number of nitrogens with one attached hydrogen (secondary N) is 3. The lowest BCUT2D eigenvalue weighted by Crippen LogP contribution is -2.43. The molecule has 1 saturated heterocycles. The van der Waals surface area contributed by atoms with E-state index in [2.05, 4.69) is 15.4 Å². The van der Waals surface area contributed by atoms with Crippen molar-refractivity contribution in [3.63, 3.8) is 0 Å². The summed E-state index contributed by atoms with van der Waals surface area (Å²) < 4.78 is 53.4. The summed E-state index contributed by atoms with van der Waals surface area (Å²) in [5.41, 5.74) is 0.108. The second kappa shape index (κ2) is 8.01. The quantitative estimate of drug-likeness (QED) is 0.727. The van der Waals surface area contributed by atoms with Crippen LogP contribution < -0.4 is 15.4 Å². The molecule has 1 aliphatic heterocycles. The molecule has 1 unspecified atom stereocenters. The van der Waals surface area contributed by atoms with Gasteiger partial charge in [-0.2, -0.15) is 0 Å². The fourth-order valence-electron chi connectivity index (χ4n) is 2.80. The Morgan fingerprint density at radius 3 is 2.44 bits per heavy atom. The summed E-state index contributed by atoms with van der Waals surface area (Å²) in [7, 11) is -4.05. The highest BCUT2D eigenvalue weighted by Crippen LogP contribution is 2.21. The molecule has 3 N–H and O–H groups in total. The molecule has 3 rings (SSSR count). The van der Waals surface area contributed by atoms with Crippen molar-refractivity contribution < 1.29 is 22.0 Å². The van der Waals surface area contributed by atoms with Gasteiger partial charge in [-0.1, -0.05) is 6.42 Å². The summed E-state index contributed by atoms with van der Waals surface area (Å²) in [6, 6.07) is 7.81. The third-order valence-electron chi connectivity index (χ3n) is 4.23. The number of hydrogen-bond acceptors (Lipinski definition) is 4. The van der Waals surface area contributed by atoms with Gasteiger partial charge >= 0.3 is 0 Å². The zero-order valence-electron chi connectivity index (χ0n) is 14.3. The summed E-state index contributed by atoms with van der Waals surface area (Å²) in [5.74, 6) is -1.98. The number of carbonyl (C=O) groups excluding carboxylic acids is 1. The molecule has 1 atom stereocenters. The third kappa shape index (κ3) is 4.81. The first-order valence-electron chi connectivity index (χ1n) is 8.47. The van der Waals surface area contributed by atoms with Gasteiger partial charge in [0.25, 0.3) is 10.0 Å². The fraction of sp³-hybridized carbons (Fsp3) is 0.278. The molecule has 0 radical (unpaired) electrons. The molecule has 0 spiro atoms. The molecule has 6 nitrogen and oxygen atoms in total. The summed E-state index contributed by atoms with van der Waals surface area (Å²) in [4.78, 5) is 12.1. The number of rotatable bonds is 5. The molecule has 1 heterocycles. The Hall–Kier alpha value is -2.52. The predicted octanol–water partition coefficient (Wildman–Crippen LogP) is 2.85. The molecule has 1 fully saturated rings. The molecule has 0 saturated carbocycles. The van der Waals surface area contributed by atoms with Crippen molar-refractivity contribution in [3.8, 4) is 0 Å². The van der Waals surface area contributed by atoms with Crippen molar-refractivity contribution in [3.05, 3.63) is 54.1 Å². The number of benzene rings is 2. The van der Waals surface area contributed by atoms with E-state index >= 15 is 0 Å². The summed E-state index contributed by atoms with van der Waals surface area (Å²) in [6.45, 7) is 0.793. The Kier molecular flexibility index (Phi) is 5.71. The van der Waals surface area contributed by atoms with Gasteiger partial charge in [-0.3, -0.25) is 9.52 Å². The first-order chi connectivity index (χ1) is 12.8. The molecule has 2 aromatic rings. The Bertz CT molecular complexity index is 927. The van der Waals surface area contributed by atoms with E-state index in [0.717, 1.165) is 37.9 Å². The minimum Gasteiger partial charge on any atom is -0.325 e. The van der Waals surface area contributed by atoms with Gasteiger partial charge in [0.2, 0.25) is 5.91 Å². The van der Waals surface area contributed by atoms with Crippen LogP contribution >= 0.6 is 0 Å². The van der Waals surface area contributed by atoms with Crippen LogP contribution in [0.15, 0.2) is 47.4 Å². The summed E-state index contributed by atoms with van der Waals surface area (Å²) >= 11 is 0. The maximum absolute atomic E-state index is 13.7. The number of piperidine rings is 1. The van der Waals surface area contributed by atoms with E-state index in [4.69, 9.17) is 0 Å². The van der Waals surface area contributed by atoms with Crippen molar-refractivity contribution in [1.82, 2.24) is 5.32 Å². The van der Waals surface area contributed by atoms with Gasteiger partial charge in [-0.05, 0) is 55.8 Å². The van der Waals surface area contributed by atoms with Gasteiger partial charge in [0.05, 0.1) is 16.6 Å². The van der Waals surface area contributed by atoms with Crippen LogP contribution in [0.3, 0.4) is 0 Å². The van der Waals surface area contributed by atoms with Crippen molar-refractivity contribution in [1.29, 1.82) is 0 Å². The average Bonchev–Trinajstić information content (AvgIpc) is 2.65. The smallest absolute Gasteiger partial charge is 0.261 e. The lowest BCUT2D eigenvalue weighted by Gasteiger charge is -2.22. The first-order valence-corrected chi connectivity index (χ1v) is 9.96. The highest BCUT2D eigenvalue weighted by atomic mass is 32.2. The topological polar surface area (TPSA) is 87.3 Å². The van der Waals surface area contributed by atoms with Gasteiger partial charge in [-0.15, -0.1) is 0 Å². The van der Waals surface area contributed by atoms with Crippen LogP contribution in [0.4, 0.5) is 20.2 Å². The lowest BCUT2D eigenvalue weighted by molar-refractivity contribution is -0.118. The van der Waals surface area contributed by atoms with E-state index < -0.39 is 21.7 Å². The maximum atomic E-state index is 13.7. The Labute approximate surface area is 156 Å². The van der Waals surface area contributed by atoms with E-state index in [-0.39, 0.29) is 22.5 Å². The fourth-order valence-corrected chi connectivity index (χ4v) is 3.87. The maximum Gasteiger partial charge on any atom is 0.261 e. The first kappa shape index (κ1) is 19.2. The Morgan fingerprint density at radius 2 is 1.81 bits per heavy atom. The molecule has 1 amide bonds. The minimum atomic E-state index is -4.05. The molecule has 9 heteroatoms. The van der Waals surface area contributed by atoms with Crippen LogP contribution in [0.25, 0.3) is 0 Å². The van der Waals surface area contributed by atoms with Crippen LogP contribution in [0, 0.1) is 11.6 Å². The third-order valence-corrected chi connectivity index (χ3v) is 5.62. The number of halogens is 2. The highest BCUT2D eigenvalue weighted by Gasteiger charge is 2.21. The Balaban J connectivity index is 1.69. The highest BCUT2D eigenvalue weighted by molar-refractivity contribution is 7.92. The summed E-state index contributed by atoms with van der Waals surface area (Å²) in [6.07, 6.45) is 2.78. The summed E-state index contributed by atoms with van der Waals surface area (Å²) in [5, 5.41) is 5.87. The molecular formula is C18H19F2N3O3S. The predicted molar refractivity (Wildman–Crippen MR) is 97.9 cm³/mol. The zero-order valence-corrected chi connectivity index (χ0v) is 15.2. The number of carbonyl (C=O) groups is 1. The van der Waals surface area contributed by atoms with Gasteiger partial charge < -0.3 is 10.6 Å².